The second kappa shape index (κ2) is 7.07. The van der Waals surface area contributed by atoms with Crippen LogP contribution in [0.1, 0.15) is 5.69 Å². The molecule has 7 heteroatoms. The average molecular weight is 377 g/mol. The Bertz CT molecular complexity index is 1080. The van der Waals surface area contributed by atoms with Crippen LogP contribution in [0, 0.1) is 0 Å². The Balaban J connectivity index is 1.73. The van der Waals surface area contributed by atoms with Crippen LogP contribution in [0.15, 0.2) is 71.3 Å². The van der Waals surface area contributed by atoms with Crippen LogP contribution < -0.4 is 11.2 Å². The lowest BCUT2D eigenvalue weighted by atomic mass is 10.0. The third kappa shape index (κ3) is 3.22. The van der Waals surface area contributed by atoms with Crippen molar-refractivity contribution >= 4 is 39.8 Å². The first-order chi connectivity index (χ1) is 12.7. The topological polar surface area (TPSA) is 67.7 Å². The Morgan fingerprint density at radius 1 is 1.08 bits per heavy atom. The molecular weight excluding hydrogens is 362 g/mol. The second-order valence-electron chi connectivity index (χ2n) is 5.58. The van der Waals surface area contributed by atoms with Crippen molar-refractivity contribution in [3.63, 3.8) is 0 Å². The lowest BCUT2D eigenvalue weighted by Crippen LogP contribution is -2.24. The van der Waals surface area contributed by atoms with Crippen LogP contribution in [-0.2, 0) is 0 Å². The molecule has 0 atom stereocenters. The average Bonchev–Trinajstić information content (AvgIpc) is 3.25. The van der Waals surface area contributed by atoms with Crippen LogP contribution >= 0.6 is 23.6 Å². The van der Waals surface area contributed by atoms with E-state index in [1.54, 1.807) is 17.6 Å². The van der Waals surface area contributed by atoms with Gasteiger partial charge in [-0.25, -0.2) is 4.98 Å². The van der Waals surface area contributed by atoms with Crippen molar-refractivity contribution in [2.75, 3.05) is 0 Å². The summed E-state index contributed by atoms with van der Waals surface area (Å²) in [7, 11) is 0. The van der Waals surface area contributed by atoms with E-state index in [4.69, 9.17) is 22.9 Å². The van der Waals surface area contributed by atoms with Crippen LogP contribution in [0.2, 0.25) is 0 Å². The van der Waals surface area contributed by atoms with Gasteiger partial charge in [0.05, 0.1) is 17.6 Å². The number of thiazole rings is 1. The molecule has 0 unspecified atom stereocenters. The number of thiocarbonyl (C=S) groups is 1. The zero-order valence-corrected chi connectivity index (χ0v) is 15.3. The molecule has 0 bridgehead atoms. The van der Waals surface area contributed by atoms with E-state index in [1.165, 1.54) is 11.1 Å². The van der Waals surface area contributed by atoms with Crippen molar-refractivity contribution in [3.8, 4) is 22.4 Å². The summed E-state index contributed by atoms with van der Waals surface area (Å²) in [5.41, 5.74) is 13.1. The molecule has 26 heavy (non-hydrogen) atoms. The number of aromatic nitrogens is 2. The van der Waals surface area contributed by atoms with Crippen LogP contribution in [0.4, 0.5) is 0 Å². The maximum absolute atomic E-state index is 5.43. The smallest absolute Gasteiger partial charge is 0.194 e. The Kier molecular flexibility index (Phi) is 4.47. The van der Waals surface area contributed by atoms with Gasteiger partial charge in [-0.3, -0.25) is 9.83 Å². The summed E-state index contributed by atoms with van der Waals surface area (Å²) in [5, 5.41) is 6.21. The highest BCUT2D eigenvalue weighted by Gasteiger charge is 2.13. The van der Waals surface area contributed by atoms with E-state index in [-0.39, 0.29) is 5.11 Å². The van der Waals surface area contributed by atoms with E-state index in [9.17, 15) is 0 Å². The fourth-order valence-corrected chi connectivity index (χ4v) is 3.52. The summed E-state index contributed by atoms with van der Waals surface area (Å²) < 4.78 is 2.00. The number of hydrazone groups is 1. The molecule has 0 fully saturated rings. The van der Waals surface area contributed by atoms with Gasteiger partial charge in [0.15, 0.2) is 10.1 Å². The highest BCUT2D eigenvalue weighted by molar-refractivity contribution is 7.80. The van der Waals surface area contributed by atoms with Crippen LogP contribution in [0.3, 0.4) is 0 Å². The molecule has 2 heterocycles. The number of nitrogens with two attached hydrogens (primary N) is 1. The minimum Gasteiger partial charge on any atom is -0.375 e. The van der Waals surface area contributed by atoms with E-state index in [1.807, 2.05) is 34.2 Å². The number of hydrogen-bond donors (Lipinski definition) is 2. The third-order valence-corrected chi connectivity index (χ3v) is 4.77. The van der Waals surface area contributed by atoms with Crippen molar-refractivity contribution in [2.45, 2.75) is 0 Å². The monoisotopic (exact) mass is 377 g/mol. The number of benzene rings is 2. The Hall–Kier alpha value is -3.03. The fourth-order valence-electron chi connectivity index (χ4n) is 2.75. The fraction of sp³-hybridized carbons (Fsp3) is 0. The maximum atomic E-state index is 5.43. The molecule has 2 aromatic heterocycles. The minimum atomic E-state index is 0.126. The highest BCUT2D eigenvalue weighted by Crippen LogP contribution is 2.28. The molecule has 4 rings (SSSR count). The lowest BCUT2D eigenvalue weighted by molar-refractivity contribution is 1.04. The summed E-state index contributed by atoms with van der Waals surface area (Å²) >= 11 is 6.37. The molecule has 0 amide bonds. The number of hydrogen-bond acceptors (Lipinski definition) is 4. The second-order valence-corrected chi connectivity index (χ2v) is 6.89. The SMILES string of the molecule is NC(=S)NN=Cc1c(-c2ccc(-c3ccccc3)cc2)nc2sccn12. The number of imidazole rings is 1. The van der Waals surface area contributed by atoms with Crippen LogP contribution in [0.25, 0.3) is 27.3 Å². The summed E-state index contributed by atoms with van der Waals surface area (Å²) in [6, 6.07) is 18.6. The molecule has 3 N–H and O–H groups in total. The van der Waals surface area contributed by atoms with Gasteiger partial charge in [0.1, 0.15) is 0 Å². The molecule has 0 aliphatic carbocycles. The van der Waals surface area contributed by atoms with Gasteiger partial charge in [-0.2, -0.15) is 5.10 Å². The van der Waals surface area contributed by atoms with Crippen molar-refractivity contribution in [1.82, 2.24) is 14.8 Å². The van der Waals surface area contributed by atoms with Gasteiger partial charge in [0, 0.05) is 17.1 Å². The normalized spacial score (nSPS) is 11.2. The van der Waals surface area contributed by atoms with Gasteiger partial charge >= 0.3 is 0 Å². The third-order valence-electron chi connectivity index (χ3n) is 3.93. The molecule has 2 aromatic carbocycles. The van der Waals surface area contributed by atoms with Gasteiger partial charge in [-0.1, -0.05) is 54.6 Å². The largest absolute Gasteiger partial charge is 0.375 e. The van der Waals surface area contributed by atoms with Crippen LogP contribution in [0.5, 0.6) is 0 Å². The lowest BCUT2D eigenvalue weighted by Gasteiger charge is -2.04. The molecule has 0 aliphatic heterocycles. The quantitative estimate of drug-likeness (QED) is 0.322. The summed E-state index contributed by atoms with van der Waals surface area (Å²) in [6.07, 6.45) is 3.66. The Labute approximate surface area is 159 Å². The zero-order valence-electron chi connectivity index (χ0n) is 13.7. The molecule has 5 nitrogen and oxygen atoms in total. The van der Waals surface area contributed by atoms with Crippen molar-refractivity contribution < 1.29 is 0 Å². The molecule has 0 aliphatic rings. The van der Waals surface area contributed by atoms with Gasteiger partial charge in [0.25, 0.3) is 0 Å². The van der Waals surface area contributed by atoms with E-state index in [0.29, 0.717) is 0 Å². The zero-order chi connectivity index (χ0) is 17.9. The molecule has 128 valence electrons. The Morgan fingerprint density at radius 2 is 1.77 bits per heavy atom. The molecule has 0 saturated carbocycles. The predicted molar refractivity (Wildman–Crippen MR) is 111 cm³/mol. The van der Waals surface area contributed by atoms with Crippen molar-refractivity contribution in [3.05, 3.63) is 71.9 Å². The van der Waals surface area contributed by atoms with Gasteiger partial charge in [0.2, 0.25) is 0 Å². The number of fused-ring (bicyclic) bond motifs is 1. The Morgan fingerprint density at radius 3 is 2.50 bits per heavy atom. The molecule has 4 aromatic rings. The van der Waals surface area contributed by atoms with E-state index in [0.717, 1.165) is 21.9 Å². The van der Waals surface area contributed by atoms with Gasteiger partial charge in [-0.15, -0.1) is 11.3 Å². The van der Waals surface area contributed by atoms with E-state index < -0.39 is 0 Å². The van der Waals surface area contributed by atoms with E-state index >= 15 is 0 Å². The van der Waals surface area contributed by atoms with Gasteiger partial charge in [-0.05, 0) is 23.3 Å². The standard InChI is InChI=1S/C19H15N5S2/c20-18(25)23-21-12-16-17(22-19-24(16)10-11-26-19)15-8-6-14(7-9-15)13-4-2-1-3-5-13/h1-12H,(H3,20,23,25). The van der Waals surface area contributed by atoms with E-state index in [2.05, 4.69) is 46.9 Å². The van der Waals surface area contributed by atoms with Gasteiger partial charge < -0.3 is 5.73 Å². The first kappa shape index (κ1) is 16.4. The molecule has 0 saturated heterocycles. The van der Waals surface area contributed by atoms with Crippen molar-refractivity contribution in [2.24, 2.45) is 10.8 Å². The minimum absolute atomic E-state index is 0.126. The number of rotatable bonds is 4. The molecule has 0 radical (unpaired) electrons. The summed E-state index contributed by atoms with van der Waals surface area (Å²) in [4.78, 5) is 5.65. The molecular formula is C19H15N5S2. The maximum Gasteiger partial charge on any atom is 0.194 e. The molecule has 0 spiro atoms. The summed E-state index contributed by atoms with van der Waals surface area (Å²) in [5.74, 6) is 0. The van der Waals surface area contributed by atoms with Crippen molar-refractivity contribution in [1.29, 1.82) is 0 Å². The first-order valence-electron chi connectivity index (χ1n) is 7.92. The first-order valence-corrected chi connectivity index (χ1v) is 9.21. The highest BCUT2D eigenvalue weighted by atomic mass is 32.1. The summed E-state index contributed by atoms with van der Waals surface area (Å²) in [6.45, 7) is 0. The predicted octanol–water partition coefficient (Wildman–Crippen LogP) is 3.90. The van der Waals surface area contributed by atoms with Crippen LogP contribution in [-0.4, -0.2) is 20.7 Å². The number of nitrogens with zero attached hydrogens (tertiary/aromatic N) is 3. The number of nitrogens with one attached hydrogen (secondary N) is 1.